The SMILES string of the molecule is C=C1C=C(c2cc3sccc3cn2)Oc2ccc(OCCCl)cc21. The Balaban J connectivity index is 1.66. The number of benzene rings is 1. The molecule has 0 saturated heterocycles. The first-order valence-corrected chi connectivity index (χ1v) is 8.91. The summed E-state index contributed by atoms with van der Waals surface area (Å²) < 4.78 is 12.8. The third-order valence-corrected chi connectivity index (χ3v) is 4.79. The van der Waals surface area contributed by atoms with Crippen molar-refractivity contribution in [1.82, 2.24) is 4.98 Å². The van der Waals surface area contributed by atoms with Crippen LogP contribution in [-0.2, 0) is 0 Å². The second-order valence-electron chi connectivity index (χ2n) is 5.36. The molecule has 0 spiro atoms. The van der Waals surface area contributed by atoms with Gasteiger partial charge in [0.2, 0.25) is 0 Å². The molecule has 0 amide bonds. The number of rotatable bonds is 4. The van der Waals surface area contributed by atoms with Gasteiger partial charge < -0.3 is 9.47 Å². The highest BCUT2D eigenvalue weighted by atomic mass is 35.5. The molecule has 5 heteroatoms. The van der Waals surface area contributed by atoms with Crippen LogP contribution in [0, 0.1) is 0 Å². The third kappa shape index (κ3) is 2.79. The Hall–Kier alpha value is -2.30. The van der Waals surface area contributed by atoms with Gasteiger partial charge in [-0.1, -0.05) is 6.58 Å². The van der Waals surface area contributed by atoms with E-state index in [1.807, 2.05) is 36.5 Å². The number of fused-ring (bicyclic) bond motifs is 2. The molecule has 24 heavy (non-hydrogen) atoms. The Bertz CT molecular complexity index is 961. The first kappa shape index (κ1) is 15.2. The van der Waals surface area contributed by atoms with Crippen molar-refractivity contribution >= 4 is 44.4 Å². The van der Waals surface area contributed by atoms with Crippen molar-refractivity contribution in [2.24, 2.45) is 0 Å². The molecule has 0 fully saturated rings. The molecule has 0 bridgehead atoms. The van der Waals surface area contributed by atoms with Gasteiger partial charge in [0.05, 0.1) is 5.88 Å². The zero-order chi connectivity index (χ0) is 16.5. The lowest BCUT2D eigenvalue weighted by molar-refractivity contribution is 0.342. The van der Waals surface area contributed by atoms with Gasteiger partial charge in [0.1, 0.15) is 23.8 Å². The molecule has 0 saturated carbocycles. The summed E-state index contributed by atoms with van der Waals surface area (Å²) in [6, 6.07) is 9.79. The Morgan fingerprint density at radius 1 is 1.25 bits per heavy atom. The molecule has 1 aliphatic rings. The summed E-state index contributed by atoms with van der Waals surface area (Å²) in [4.78, 5) is 4.50. The predicted molar refractivity (Wildman–Crippen MR) is 99.9 cm³/mol. The van der Waals surface area contributed by atoms with Gasteiger partial charge in [0.15, 0.2) is 5.76 Å². The molecule has 3 heterocycles. The summed E-state index contributed by atoms with van der Waals surface area (Å²) >= 11 is 7.35. The smallest absolute Gasteiger partial charge is 0.153 e. The first-order chi connectivity index (χ1) is 11.7. The van der Waals surface area contributed by atoms with Crippen LogP contribution in [0.15, 0.2) is 54.6 Å². The zero-order valence-corrected chi connectivity index (χ0v) is 14.4. The van der Waals surface area contributed by atoms with Crippen LogP contribution in [-0.4, -0.2) is 17.5 Å². The van der Waals surface area contributed by atoms with Crippen molar-refractivity contribution in [3.63, 3.8) is 0 Å². The van der Waals surface area contributed by atoms with Gasteiger partial charge in [0, 0.05) is 21.8 Å². The van der Waals surface area contributed by atoms with E-state index in [0.717, 1.165) is 33.7 Å². The maximum atomic E-state index is 6.03. The van der Waals surface area contributed by atoms with E-state index in [4.69, 9.17) is 21.1 Å². The molecule has 1 aliphatic heterocycles. The van der Waals surface area contributed by atoms with Crippen molar-refractivity contribution in [2.75, 3.05) is 12.5 Å². The van der Waals surface area contributed by atoms with Crippen LogP contribution in [0.5, 0.6) is 11.5 Å². The average Bonchev–Trinajstić information content (AvgIpc) is 3.07. The molecule has 1 aromatic carbocycles. The molecule has 0 N–H and O–H groups in total. The fourth-order valence-corrected chi connectivity index (χ4v) is 3.47. The van der Waals surface area contributed by atoms with Crippen LogP contribution < -0.4 is 9.47 Å². The molecule has 0 unspecified atom stereocenters. The molecule has 3 nitrogen and oxygen atoms in total. The summed E-state index contributed by atoms with van der Waals surface area (Å²) in [5, 5.41) is 3.20. The lowest BCUT2D eigenvalue weighted by Gasteiger charge is -2.20. The predicted octanol–water partition coefficient (Wildman–Crippen LogP) is 5.36. The average molecular weight is 356 g/mol. The van der Waals surface area contributed by atoms with Gasteiger partial charge >= 0.3 is 0 Å². The minimum absolute atomic E-state index is 0.454. The Kier molecular flexibility index (Phi) is 4.00. The van der Waals surface area contributed by atoms with Gasteiger partial charge in [-0.2, -0.15) is 0 Å². The Morgan fingerprint density at radius 3 is 3.04 bits per heavy atom. The number of allylic oxidation sites excluding steroid dienone is 2. The van der Waals surface area contributed by atoms with E-state index in [1.165, 1.54) is 4.70 Å². The first-order valence-electron chi connectivity index (χ1n) is 7.50. The van der Waals surface area contributed by atoms with Crippen LogP contribution in [0.2, 0.25) is 0 Å². The van der Waals surface area contributed by atoms with E-state index in [9.17, 15) is 0 Å². The van der Waals surface area contributed by atoms with Gasteiger partial charge in [0.25, 0.3) is 0 Å². The van der Waals surface area contributed by atoms with E-state index in [-0.39, 0.29) is 0 Å². The molecule has 0 atom stereocenters. The summed E-state index contributed by atoms with van der Waals surface area (Å²) in [6.45, 7) is 4.61. The minimum atomic E-state index is 0.454. The number of alkyl halides is 1. The van der Waals surface area contributed by atoms with Gasteiger partial charge in [-0.05, 0) is 47.4 Å². The number of pyridine rings is 1. The standard InChI is InChI=1S/C19H14ClNO2S/c1-12-8-18(16-10-19-13(11-21-16)4-7-24-19)23-17-3-2-14(9-15(12)17)22-6-5-20/h2-4,7-11H,1,5-6H2. The minimum Gasteiger partial charge on any atom is -0.492 e. The maximum Gasteiger partial charge on any atom is 0.153 e. The van der Waals surface area contributed by atoms with Crippen LogP contribution in [0.1, 0.15) is 11.3 Å². The van der Waals surface area contributed by atoms with E-state index in [2.05, 4.69) is 23.0 Å². The Labute approximate surface area is 148 Å². The van der Waals surface area contributed by atoms with Crippen molar-refractivity contribution in [2.45, 2.75) is 0 Å². The van der Waals surface area contributed by atoms with E-state index in [1.54, 1.807) is 11.3 Å². The molecular formula is C19H14ClNO2S. The molecule has 0 radical (unpaired) electrons. The fourth-order valence-electron chi connectivity index (χ4n) is 2.60. The summed E-state index contributed by atoms with van der Waals surface area (Å²) in [5.74, 6) is 2.67. The highest BCUT2D eigenvalue weighted by Crippen LogP contribution is 2.38. The molecular weight excluding hydrogens is 342 g/mol. The number of ether oxygens (including phenoxy) is 2. The lowest BCUT2D eigenvalue weighted by Crippen LogP contribution is -2.05. The summed E-state index contributed by atoms with van der Waals surface area (Å²) in [5.41, 5.74) is 2.60. The second-order valence-corrected chi connectivity index (χ2v) is 6.68. The largest absolute Gasteiger partial charge is 0.492 e. The van der Waals surface area contributed by atoms with E-state index in [0.29, 0.717) is 18.2 Å². The normalized spacial score (nSPS) is 13.4. The monoisotopic (exact) mass is 355 g/mol. The van der Waals surface area contributed by atoms with Crippen LogP contribution >= 0.6 is 22.9 Å². The summed E-state index contributed by atoms with van der Waals surface area (Å²) in [7, 11) is 0. The molecule has 0 aliphatic carbocycles. The van der Waals surface area contributed by atoms with E-state index >= 15 is 0 Å². The Morgan fingerprint density at radius 2 is 2.17 bits per heavy atom. The van der Waals surface area contributed by atoms with Gasteiger partial charge in [-0.15, -0.1) is 22.9 Å². The van der Waals surface area contributed by atoms with Crippen molar-refractivity contribution < 1.29 is 9.47 Å². The second kappa shape index (κ2) is 6.30. The third-order valence-electron chi connectivity index (χ3n) is 3.76. The molecule has 120 valence electrons. The van der Waals surface area contributed by atoms with Gasteiger partial charge in [-0.3, -0.25) is 4.98 Å². The van der Waals surface area contributed by atoms with Gasteiger partial charge in [-0.25, -0.2) is 0 Å². The van der Waals surface area contributed by atoms with Crippen molar-refractivity contribution in [3.05, 3.63) is 65.8 Å². The number of halogens is 1. The number of hydrogen-bond acceptors (Lipinski definition) is 4. The highest BCUT2D eigenvalue weighted by molar-refractivity contribution is 7.17. The van der Waals surface area contributed by atoms with E-state index < -0.39 is 0 Å². The zero-order valence-electron chi connectivity index (χ0n) is 12.8. The number of thiophene rings is 1. The van der Waals surface area contributed by atoms with Crippen LogP contribution in [0.25, 0.3) is 21.4 Å². The lowest BCUT2D eigenvalue weighted by atomic mass is 10.0. The topological polar surface area (TPSA) is 31.4 Å². The number of hydrogen-bond donors (Lipinski definition) is 0. The molecule has 3 aromatic rings. The number of aromatic nitrogens is 1. The van der Waals surface area contributed by atoms with Crippen molar-refractivity contribution in [1.29, 1.82) is 0 Å². The molecule has 4 rings (SSSR count). The fraction of sp³-hybridized carbons (Fsp3) is 0.105. The summed E-state index contributed by atoms with van der Waals surface area (Å²) in [6.07, 6.45) is 3.78. The highest BCUT2D eigenvalue weighted by Gasteiger charge is 2.19. The van der Waals surface area contributed by atoms with Crippen LogP contribution in [0.3, 0.4) is 0 Å². The quantitative estimate of drug-likeness (QED) is 0.590. The molecule has 2 aromatic heterocycles. The number of nitrogens with zero attached hydrogens (tertiary/aromatic N) is 1. The van der Waals surface area contributed by atoms with Crippen molar-refractivity contribution in [3.8, 4) is 11.5 Å². The maximum absolute atomic E-state index is 6.03. The van der Waals surface area contributed by atoms with Crippen LogP contribution in [0.4, 0.5) is 0 Å².